The summed E-state index contributed by atoms with van der Waals surface area (Å²) in [6.45, 7) is 7.94. The Morgan fingerprint density at radius 3 is 2.47 bits per heavy atom. The van der Waals surface area contributed by atoms with Crippen LogP contribution in [0.15, 0.2) is 48.5 Å². The fourth-order valence-corrected chi connectivity index (χ4v) is 2.60. The Bertz CT molecular complexity index is 904. The number of rotatable bonds is 9. The van der Waals surface area contributed by atoms with Crippen LogP contribution in [0.3, 0.4) is 0 Å². The number of anilines is 1. The molecular weight excluding hydrogens is 380 g/mol. The van der Waals surface area contributed by atoms with Gasteiger partial charge in [-0.25, -0.2) is 0 Å². The maximum Gasteiger partial charge on any atom is 0.244 e. The summed E-state index contributed by atoms with van der Waals surface area (Å²) in [5.74, 6) is 0.931. The van der Waals surface area contributed by atoms with Crippen LogP contribution in [0.5, 0.6) is 11.5 Å². The average molecular weight is 411 g/mol. The molecule has 0 fully saturated rings. The second-order valence-electron chi connectivity index (χ2n) is 7.47. The molecule has 0 saturated heterocycles. The topological polar surface area (TPSA) is 76.7 Å². The zero-order chi connectivity index (χ0) is 22.1. The highest BCUT2D eigenvalue weighted by molar-refractivity contribution is 5.92. The Morgan fingerprint density at radius 1 is 1.03 bits per heavy atom. The number of hydrogen-bond acceptors (Lipinski definition) is 4. The highest BCUT2D eigenvalue weighted by atomic mass is 16.5. The highest BCUT2D eigenvalue weighted by Gasteiger charge is 2.08. The zero-order valence-electron chi connectivity index (χ0n) is 18.2. The highest BCUT2D eigenvalue weighted by Crippen LogP contribution is 2.29. The number of amides is 2. The average Bonchev–Trinajstić information content (AvgIpc) is 2.71. The molecule has 2 rings (SSSR count). The van der Waals surface area contributed by atoms with Crippen molar-refractivity contribution in [2.75, 3.05) is 12.4 Å². The van der Waals surface area contributed by atoms with E-state index in [4.69, 9.17) is 9.47 Å². The first-order valence-electron chi connectivity index (χ1n) is 9.99. The molecule has 6 nitrogen and oxygen atoms in total. The largest absolute Gasteiger partial charge is 0.493 e. The normalized spacial score (nSPS) is 11.0. The van der Waals surface area contributed by atoms with Gasteiger partial charge in [0.15, 0.2) is 11.5 Å². The maximum atomic E-state index is 12.2. The van der Waals surface area contributed by atoms with E-state index < -0.39 is 0 Å². The van der Waals surface area contributed by atoms with E-state index in [0.29, 0.717) is 23.7 Å². The fourth-order valence-electron chi connectivity index (χ4n) is 2.60. The van der Waals surface area contributed by atoms with Gasteiger partial charge < -0.3 is 20.1 Å². The first-order chi connectivity index (χ1) is 14.3. The number of carbonyl (C=O) groups is 2. The zero-order valence-corrected chi connectivity index (χ0v) is 18.2. The van der Waals surface area contributed by atoms with Crippen LogP contribution >= 0.6 is 0 Å². The van der Waals surface area contributed by atoms with Crippen molar-refractivity contribution in [2.24, 2.45) is 5.92 Å². The molecule has 2 aromatic rings. The summed E-state index contributed by atoms with van der Waals surface area (Å²) < 4.78 is 11.1. The summed E-state index contributed by atoms with van der Waals surface area (Å²) in [5.41, 5.74) is 2.44. The third-order valence-corrected chi connectivity index (χ3v) is 4.16. The van der Waals surface area contributed by atoms with E-state index in [1.807, 2.05) is 70.2 Å². The van der Waals surface area contributed by atoms with Crippen molar-refractivity contribution in [1.82, 2.24) is 5.32 Å². The smallest absolute Gasteiger partial charge is 0.244 e. The number of hydrogen-bond donors (Lipinski definition) is 2. The van der Waals surface area contributed by atoms with E-state index in [9.17, 15) is 9.59 Å². The van der Waals surface area contributed by atoms with Gasteiger partial charge in [0.05, 0.1) is 13.2 Å². The van der Waals surface area contributed by atoms with Crippen LogP contribution in [0.25, 0.3) is 6.08 Å². The summed E-state index contributed by atoms with van der Waals surface area (Å²) in [6, 6.07) is 12.9. The fraction of sp³-hybridized carbons (Fsp3) is 0.333. The van der Waals surface area contributed by atoms with Gasteiger partial charge in [-0.1, -0.05) is 32.0 Å². The van der Waals surface area contributed by atoms with Crippen molar-refractivity contribution >= 4 is 23.6 Å². The van der Waals surface area contributed by atoms with Gasteiger partial charge in [-0.05, 0) is 55.3 Å². The van der Waals surface area contributed by atoms with E-state index in [1.54, 1.807) is 13.2 Å². The monoisotopic (exact) mass is 410 g/mol. The van der Waals surface area contributed by atoms with E-state index in [-0.39, 0.29) is 23.8 Å². The minimum absolute atomic E-state index is 0.0423. The van der Waals surface area contributed by atoms with Gasteiger partial charge in [0.2, 0.25) is 11.8 Å². The first kappa shape index (κ1) is 23.0. The Kier molecular flexibility index (Phi) is 8.47. The van der Waals surface area contributed by atoms with Crippen molar-refractivity contribution < 1.29 is 19.1 Å². The van der Waals surface area contributed by atoms with E-state index in [1.165, 1.54) is 6.08 Å². The summed E-state index contributed by atoms with van der Waals surface area (Å²) in [5, 5.41) is 5.70. The summed E-state index contributed by atoms with van der Waals surface area (Å²) in [4.78, 5) is 24.0. The molecule has 0 aliphatic heterocycles. The first-order valence-corrected chi connectivity index (χ1v) is 9.99. The number of ether oxygens (including phenoxy) is 2. The summed E-state index contributed by atoms with van der Waals surface area (Å²) >= 11 is 0. The molecule has 6 heteroatoms. The minimum atomic E-state index is -0.215. The molecule has 2 amide bonds. The van der Waals surface area contributed by atoms with Crippen molar-refractivity contribution in [3.8, 4) is 11.5 Å². The Labute approximate surface area is 178 Å². The molecule has 0 aliphatic rings. The Morgan fingerprint density at radius 2 is 1.80 bits per heavy atom. The molecule has 160 valence electrons. The van der Waals surface area contributed by atoms with Crippen LogP contribution in [0, 0.1) is 5.92 Å². The van der Waals surface area contributed by atoms with Gasteiger partial charge in [0.25, 0.3) is 0 Å². The lowest BCUT2D eigenvalue weighted by Crippen LogP contribution is -2.21. The van der Waals surface area contributed by atoms with Crippen LogP contribution in [0.4, 0.5) is 5.69 Å². The third-order valence-electron chi connectivity index (χ3n) is 4.16. The number of carbonyl (C=O) groups excluding carboxylic acids is 2. The second-order valence-corrected chi connectivity index (χ2v) is 7.47. The molecular formula is C24H30N2O4. The number of methoxy groups -OCH3 is 1. The van der Waals surface area contributed by atoms with Crippen LogP contribution in [-0.4, -0.2) is 25.0 Å². The van der Waals surface area contributed by atoms with Gasteiger partial charge in [0.1, 0.15) is 0 Å². The summed E-state index contributed by atoms with van der Waals surface area (Å²) in [6.07, 6.45) is 3.24. The molecule has 0 bridgehead atoms. The van der Waals surface area contributed by atoms with E-state index in [0.717, 1.165) is 11.1 Å². The molecule has 0 unspecified atom stereocenters. The lowest BCUT2D eigenvalue weighted by molar-refractivity contribution is -0.119. The molecule has 0 radical (unpaired) electrons. The lowest BCUT2D eigenvalue weighted by Gasteiger charge is -2.13. The van der Waals surface area contributed by atoms with Gasteiger partial charge >= 0.3 is 0 Å². The number of benzene rings is 2. The SMILES string of the molecule is COc1cc(/C=C/C(=O)NCc2cccc(NC(=O)C(C)C)c2)ccc1OC(C)C. The van der Waals surface area contributed by atoms with Crippen LogP contribution in [0.1, 0.15) is 38.8 Å². The standard InChI is InChI=1S/C24H30N2O4/c1-16(2)24(28)26-20-8-6-7-19(13-20)15-25-23(27)12-10-18-9-11-21(30-17(3)4)22(14-18)29-5/h6-14,16-17H,15H2,1-5H3,(H,25,27)(H,26,28)/b12-10+. The maximum absolute atomic E-state index is 12.2. The number of nitrogens with one attached hydrogen (secondary N) is 2. The molecule has 0 spiro atoms. The summed E-state index contributed by atoms with van der Waals surface area (Å²) in [7, 11) is 1.58. The molecule has 2 N–H and O–H groups in total. The third kappa shape index (κ3) is 7.28. The molecule has 2 aromatic carbocycles. The molecule has 30 heavy (non-hydrogen) atoms. The molecule has 0 aliphatic carbocycles. The molecule has 0 aromatic heterocycles. The van der Waals surface area contributed by atoms with Crippen molar-refractivity contribution in [3.63, 3.8) is 0 Å². The quantitative estimate of drug-likeness (QED) is 0.601. The van der Waals surface area contributed by atoms with Crippen LogP contribution in [0.2, 0.25) is 0 Å². The van der Waals surface area contributed by atoms with E-state index in [2.05, 4.69) is 10.6 Å². The van der Waals surface area contributed by atoms with Gasteiger partial charge in [0, 0.05) is 24.2 Å². The van der Waals surface area contributed by atoms with Crippen molar-refractivity contribution in [3.05, 3.63) is 59.7 Å². The molecule has 0 heterocycles. The predicted octanol–water partition coefficient (Wildman–Crippen LogP) is 4.41. The van der Waals surface area contributed by atoms with Gasteiger partial charge in [-0.15, -0.1) is 0 Å². The Balaban J connectivity index is 1.95. The van der Waals surface area contributed by atoms with Gasteiger partial charge in [-0.2, -0.15) is 0 Å². The van der Waals surface area contributed by atoms with Crippen molar-refractivity contribution in [1.29, 1.82) is 0 Å². The van der Waals surface area contributed by atoms with Gasteiger partial charge in [-0.3, -0.25) is 9.59 Å². The minimum Gasteiger partial charge on any atom is -0.493 e. The van der Waals surface area contributed by atoms with Crippen molar-refractivity contribution in [2.45, 2.75) is 40.3 Å². The second kappa shape index (κ2) is 11.0. The lowest BCUT2D eigenvalue weighted by atomic mass is 10.1. The van der Waals surface area contributed by atoms with Crippen LogP contribution in [-0.2, 0) is 16.1 Å². The predicted molar refractivity (Wildman–Crippen MR) is 120 cm³/mol. The van der Waals surface area contributed by atoms with Crippen LogP contribution < -0.4 is 20.1 Å². The van der Waals surface area contributed by atoms with E-state index >= 15 is 0 Å². The molecule has 0 atom stereocenters. The Hall–Kier alpha value is -3.28. The molecule has 0 saturated carbocycles.